The number of carboxylic acids is 1. The van der Waals surface area contributed by atoms with Crippen molar-refractivity contribution in [1.82, 2.24) is 0 Å². The van der Waals surface area contributed by atoms with Crippen molar-refractivity contribution in [1.29, 1.82) is 0 Å². The number of carboxylic acid groups (broad SMARTS) is 1. The van der Waals surface area contributed by atoms with Crippen molar-refractivity contribution in [3.05, 3.63) is 20.8 Å². The molecule has 3 nitrogen and oxygen atoms in total. The van der Waals surface area contributed by atoms with Gasteiger partial charge in [-0.1, -0.05) is 11.6 Å². The van der Waals surface area contributed by atoms with Crippen LogP contribution in [0, 0.1) is 0 Å². The highest BCUT2D eigenvalue weighted by atomic mass is 35.5. The Morgan fingerprint density at radius 3 is 2.64 bits per heavy atom. The molecule has 1 rings (SSSR count). The van der Waals surface area contributed by atoms with Gasteiger partial charge in [0.25, 0.3) is 0 Å². The number of thiophene rings is 1. The van der Waals surface area contributed by atoms with Crippen LogP contribution >= 0.6 is 22.9 Å². The fourth-order valence-corrected chi connectivity index (χ4v) is 1.72. The standard InChI is InChI=1S/C6H5ClO3S/c7-5-3(2-8)1-4(11-5)6(9)10/h1,8H,2H2,(H,9,10). The van der Waals surface area contributed by atoms with Crippen LogP contribution in [0.5, 0.6) is 0 Å². The number of rotatable bonds is 2. The Hall–Kier alpha value is -0.580. The second kappa shape index (κ2) is 3.21. The van der Waals surface area contributed by atoms with Gasteiger partial charge >= 0.3 is 5.97 Å². The molecule has 0 saturated heterocycles. The van der Waals surface area contributed by atoms with Crippen LogP contribution in [0.3, 0.4) is 0 Å². The fraction of sp³-hybridized carbons (Fsp3) is 0.167. The molecule has 5 heteroatoms. The quantitative estimate of drug-likeness (QED) is 0.748. The first kappa shape index (κ1) is 8.52. The maximum absolute atomic E-state index is 10.4. The molecule has 1 aromatic rings. The Bertz CT molecular complexity index is 281. The summed E-state index contributed by atoms with van der Waals surface area (Å²) >= 11 is 6.54. The second-order valence-corrected chi connectivity index (χ2v) is 3.53. The first-order valence-electron chi connectivity index (χ1n) is 2.77. The first-order valence-corrected chi connectivity index (χ1v) is 3.97. The van der Waals surface area contributed by atoms with Crippen molar-refractivity contribution in [3.63, 3.8) is 0 Å². The Morgan fingerprint density at radius 2 is 2.36 bits per heavy atom. The Balaban J connectivity index is 3.05. The summed E-state index contributed by atoms with van der Waals surface area (Å²) in [6, 6.07) is 1.37. The third-order valence-electron chi connectivity index (χ3n) is 1.14. The smallest absolute Gasteiger partial charge is 0.345 e. The third kappa shape index (κ3) is 1.71. The zero-order chi connectivity index (χ0) is 8.43. The molecule has 1 aromatic heterocycles. The monoisotopic (exact) mass is 192 g/mol. The highest BCUT2D eigenvalue weighted by Gasteiger charge is 2.10. The van der Waals surface area contributed by atoms with E-state index in [0.717, 1.165) is 11.3 Å². The lowest BCUT2D eigenvalue weighted by Crippen LogP contribution is -1.90. The van der Waals surface area contributed by atoms with E-state index < -0.39 is 5.97 Å². The second-order valence-electron chi connectivity index (χ2n) is 1.87. The van der Waals surface area contributed by atoms with Gasteiger partial charge < -0.3 is 10.2 Å². The summed E-state index contributed by atoms with van der Waals surface area (Å²) < 4.78 is 0.338. The molecule has 0 aliphatic carbocycles. The zero-order valence-electron chi connectivity index (χ0n) is 5.37. The topological polar surface area (TPSA) is 57.5 Å². The van der Waals surface area contributed by atoms with Gasteiger partial charge in [0.05, 0.1) is 10.9 Å². The van der Waals surface area contributed by atoms with Gasteiger partial charge in [-0.25, -0.2) is 4.79 Å². The number of hydrogen-bond donors (Lipinski definition) is 2. The van der Waals surface area contributed by atoms with Gasteiger partial charge in [0, 0.05) is 5.56 Å². The molecule has 0 radical (unpaired) electrons. The Kier molecular flexibility index (Phi) is 2.49. The van der Waals surface area contributed by atoms with Crippen LogP contribution in [0.1, 0.15) is 15.2 Å². The molecule has 0 aliphatic heterocycles. The minimum Gasteiger partial charge on any atom is -0.477 e. The third-order valence-corrected chi connectivity index (χ3v) is 2.57. The van der Waals surface area contributed by atoms with Crippen LogP contribution in [-0.2, 0) is 6.61 Å². The fourth-order valence-electron chi connectivity index (χ4n) is 0.620. The zero-order valence-corrected chi connectivity index (χ0v) is 6.95. The number of carbonyl (C=O) groups is 1. The van der Waals surface area contributed by atoms with E-state index in [1.54, 1.807) is 0 Å². The van der Waals surface area contributed by atoms with Crippen LogP contribution in [0.2, 0.25) is 4.34 Å². The molecule has 0 saturated carbocycles. The van der Waals surface area contributed by atoms with Crippen LogP contribution in [0.25, 0.3) is 0 Å². The molecule has 0 aliphatic rings. The van der Waals surface area contributed by atoms with Crippen LogP contribution in [-0.4, -0.2) is 16.2 Å². The highest BCUT2D eigenvalue weighted by Crippen LogP contribution is 2.27. The maximum atomic E-state index is 10.4. The van der Waals surface area contributed by atoms with Gasteiger partial charge in [-0.15, -0.1) is 11.3 Å². The van der Waals surface area contributed by atoms with E-state index in [9.17, 15) is 4.79 Å². The molecular weight excluding hydrogens is 188 g/mol. The van der Waals surface area contributed by atoms with Crippen molar-refractivity contribution < 1.29 is 15.0 Å². The van der Waals surface area contributed by atoms with Crippen molar-refractivity contribution >= 4 is 28.9 Å². The summed E-state index contributed by atoms with van der Waals surface area (Å²) in [5, 5.41) is 17.1. The van der Waals surface area contributed by atoms with Gasteiger partial charge in [-0.2, -0.15) is 0 Å². The molecule has 0 amide bonds. The summed E-state index contributed by atoms with van der Waals surface area (Å²) in [6.45, 7) is -0.220. The highest BCUT2D eigenvalue weighted by molar-refractivity contribution is 7.18. The normalized spacial score (nSPS) is 10.0. The van der Waals surface area contributed by atoms with Crippen LogP contribution < -0.4 is 0 Å². The van der Waals surface area contributed by atoms with E-state index in [1.807, 2.05) is 0 Å². The lowest BCUT2D eigenvalue weighted by atomic mass is 10.3. The summed E-state index contributed by atoms with van der Waals surface area (Å²) in [6.07, 6.45) is 0. The van der Waals surface area contributed by atoms with Crippen molar-refractivity contribution in [2.24, 2.45) is 0 Å². The van der Waals surface area contributed by atoms with E-state index in [0.29, 0.717) is 9.90 Å². The van der Waals surface area contributed by atoms with Crippen molar-refractivity contribution in [3.8, 4) is 0 Å². The van der Waals surface area contributed by atoms with E-state index in [1.165, 1.54) is 6.07 Å². The molecule has 0 bridgehead atoms. The van der Waals surface area contributed by atoms with Gasteiger partial charge in [0.15, 0.2) is 0 Å². The largest absolute Gasteiger partial charge is 0.477 e. The number of halogens is 1. The molecule has 0 unspecified atom stereocenters. The van der Waals surface area contributed by atoms with Gasteiger partial charge in [0.2, 0.25) is 0 Å². The first-order chi connectivity index (χ1) is 5.15. The minimum atomic E-state index is -1.02. The predicted molar refractivity (Wildman–Crippen MR) is 42.2 cm³/mol. The van der Waals surface area contributed by atoms with E-state index in [2.05, 4.69) is 0 Å². The molecule has 0 atom stereocenters. The van der Waals surface area contributed by atoms with E-state index in [4.69, 9.17) is 21.8 Å². The molecule has 0 fully saturated rings. The van der Waals surface area contributed by atoms with Crippen LogP contribution in [0.15, 0.2) is 6.07 Å². The SMILES string of the molecule is O=C(O)c1cc(CO)c(Cl)s1. The van der Waals surface area contributed by atoms with Gasteiger partial charge in [-0.05, 0) is 6.07 Å². The van der Waals surface area contributed by atoms with E-state index >= 15 is 0 Å². The molecule has 1 heterocycles. The Morgan fingerprint density at radius 1 is 1.73 bits per heavy atom. The lowest BCUT2D eigenvalue weighted by Gasteiger charge is -1.85. The van der Waals surface area contributed by atoms with E-state index in [-0.39, 0.29) is 11.5 Å². The molecular formula is C6H5ClO3S. The Labute approximate surface area is 71.9 Å². The lowest BCUT2D eigenvalue weighted by molar-refractivity contribution is 0.0702. The summed E-state index contributed by atoms with van der Waals surface area (Å²) in [4.78, 5) is 10.5. The molecule has 2 N–H and O–H groups in total. The predicted octanol–water partition coefficient (Wildman–Crippen LogP) is 1.59. The summed E-state index contributed by atoms with van der Waals surface area (Å²) in [7, 11) is 0. The van der Waals surface area contributed by atoms with Gasteiger partial charge in [-0.3, -0.25) is 0 Å². The summed E-state index contributed by atoms with van der Waals surface area (Å²) in [5.74, 6) is -1.02. The molecule has 0 spiro atoms. The number of aliphatic hydroxyl groups excluding tert-OH is 1. The average Bonchev–Trinajstić information content (AvgIpc) is 2.31. The van der Waals surface area contributed by atoms with Crippen molar-refractivity contribution in [2.45, 2.75) is 6.61 Å². The average molecular weight is 193 g/mol. The number of aromatic carboxylic acids is 1. The van der Waals surface area contributed by atoms with Gasteiger partial charge in [0.1, 0.15) is 4.88 Å². The number of hydrogen-bond acceptors (Lipinski definition) is 3. The van der Waals surface area contributed by atoms with Crippen molar-refractivity contribution in [2.75, 3.05) is 0 Å². The molecule has 11 heavy (non-hydrogen) atoms. The summed E-state index contributed by atoms with van der Waals surface area (Å²) in [5.41, 5.74) is 0.467. The van der Waals surface area contributed by atoms with Crippen LogP contribution in [0.4, 0.5) is 0 Å². The maximum Gasteiger partial charge on any atom is 0.345 e. The minimum absolute atomic E-state index is 0.152. The molecule has 60 valence electrons. The number of aliphatic hydroxyl groups is 1. The molecule has 0 aromatic carbocycles.